The summed E-state index contributed by atoms with van der Waals surface area (Å²) in [6.07, 6.45) is 2.02. The summed E-state index contributed by atoms with van der Waals surface area (Å²) >= 11 is 0. The molecule has 7 nitrogen and oxygen atoms in total. The topological polar surface area (TPSA) is 97.6 Å². The molecule has 0 spiro atoms. The molecular formula is C19H20N2O5. The highest BCUT2D eigenvalue weighted by Gasteiger charge is 2.48. The van der Waals surface area contributed by atoms with Gasteiger partial charge in [0, 0.05) is 0 Å². The van der Waals surface area contributed by atoms with E-state index in [2.05, 4.69) is 10.6 Å². The maximum absolute atomic E-state index is 12.4. The third-order valence-corrected chi connectivity index (χ3v) is 4.16. The van der Waals surface area contributed by atoms with Crippen molar-refractivity contribution in [3.8, 4) is 0 Å². The van der Waals surface area contributed by atoms with Crippen molar-refractivity contribution >= 4 is 23.5 Å². The third-order valence-electron chi connectivity index (χ3n) is 4.16. The summed E-state index contributed by atoms with van der Waals surface area (Å²) in [6, 6.07) is 10.2. The van der Waals surface area contributed by atoms with Crippen molar-refractivity contribution < 1.29 is 23.5 Å². The lowest BCUT2D eigenvalue weighted by atomic mass is 10.1. The number of ether oxygens (including phenoxy) is 1. The van der Waals surface area contributed by atoms with Gasteiger partial charge < -0.3 is 19.8 Å². The zero-order valence-electron chi connectivity index (χ0n) is 14.4. The Bertz CT molecular complexity index is 800. The van der Waals surface area contributed by atoms with Gasteiger partial charge in [-0.25, -0.2) is 4.79 Å². The Morgan fingerprint density at radius 2 is 1.88 bits per heavy atom. The van der Waals surface area contributed by atoms with Crippen LogP contribution < -0.4 is 10.6 Å². The summed E-state index contributed by atoms with van der Waals surface area (Å²) in [5.74, 6) is -1.06. The Kier molecular flexibility index (Phi) is 5.36. The Hall–Kier alpha value is -3.09. The van der Waals surface area contributed by atoms with E-state index in [-0.39, 0.29) is 24.3 Å². The monoisotopic (exact) mass is 356 g/mol. The summed E-state index contributed by atoms with van der Waals surface area (Å²) < 4.78 is 10.1. The molecule has 0 radical (unpaired) electrons. The molecule has 1 aliphatic carbocycles. The average molecular weight is 356 g/mol. The maximum Gasteiger partial charge on any atom is 0.340 e. The second kappa shape index (κ2) is 7.86. The van der Waals surface area contributed by atoms with Gasteiger partial charge in [0.1, 0.15) is 5.76 Å². The molecule has 0 aliphatic heterocycles. The number of anilines is 1. The lowest BCUT2D eigenvalue weighted by Gasteiger charge is -2.10. The summed E-state index contributed by atoms with van der Waals surface area (Å²) in [6.45, 7) is 2.26. The molecule has 1 saturated carbocycles. The van der Waals surface area contributed by atoms with E-state index in [9.17, 15) is 14.4 Å². The number of hydrogen-bond donors (Lipinski definition) is 2. The zero-order valence-corrected chi connectivity index (χ0v) is 14.4. The fraction of sp³-hybridized carbons (Fsp3) is 0.316. The predicted octanol–water partition coefficient (Wildman–Crippen LogP) is 2.35. The Labute approximate surface area is 150 Å². The molecule has 1 fully saturated rings. The smallest absolute Gasteiger partial charge is 0.340 e. The minimum atomic E-state index is -0.494. The van der Waals surface area contributed by atoms with Crippen molar-refractivity contribution in [1.29, 1.82) is 0 Å². The standard InChI is InChI=1S/C19H20N2O5/c1-2-25-19(24)13-7-3-4-8-16(13)21-18(23)15-10-14(15)17(22)20-11-12-6-5-9-26-12/h3-9,14-15H,2,10-11H2,1H3,(H,20,22)(H,21,23). The Morgan fingerprint density at radius 3 is 2.62 bits per heavy atom. The van der Waals surface area contributed by atoms with Crippen LogP contribution in [0.25, 0.3) is 0 Å². The van der Waals surface area contributed by atoms with Crippen LogP contribution in [0.4, 0.5) is 5.69 Å². The summed E-state index contributed by atoms with van der Waals surface area (Å²) in [7, 11) is 0. The van der Waals surface area contributed by atoms with Gasteiger partial charge in [0.2, 0.25) is 11.8 Å². The molecule has 2 aromatic rings. The van der Waals surface area contributed by atoms with Crippen molar-refractivity contribution in [3.05, 3.63) is 54.0 Å². The zero-order chi connectivity index (χ0) is 18.5. The second-order valence-electron chi connectivity index (χ2n) is 6.00. The molecule has 0 bridgehead atoms. The highest BCUT2D eigenvalue weighted by molar-refractivity contribution is 6.04. The minimum absolute atomic E-state index is 0.180. The number of carbonyl (C=O) groups is 3. The van der Waals surface area contributed by atoms with Crippen molar-refractivity contribution in [2.24, 2.45) is 11.8 Å². The molecule has 1 heterocycles. The Morgan fingerprint density at radius 1 is 1.12 bits per heavy atom. The number of esters is 1. The van der Waals surface area contributed by atoms with E-state index in [1.54, 1.807) is 43.3 Å². The molecule has 1 aliphatic rings. The van der Waals surface area contributed by atoms with Crippen molar-refractivity contribution in [2.75, 3.05) is 11.9 Å². The second-order valence-corrected chi connectivity index (χ2v) is 6.00. The fourth-order valence-electron chi connectivity index (χ4n) is 2.70. The van der Waals surface area contributed by atoms with E-state index in [4.69, 9.17) is 9.15 Å². The number of benzene rings is 1. The molecule has 7 heteroatoms. The van der Waals surface area contributed by atoms with Crippen LogP contribution in [-0.2, 0) is 20.9 Å². The van der Waals surface area contributed by atoms with E-state index in [1.807, 2.05) is 0 Å². The van der Waals surface area contributed by atoms with Crippen molar-refractivity contribution in [1.82, 2.24) is 5.32 Å². The van der Waals surface area contributed by atoms with Gasteiger partial charge in [-0.1, -0.05) is 12.1 Å². The van der Waals surface area contributed by atoms with Gasteiger partial charge in [-0.3, -0.25) is 9.59 Å². The molecule has 2 atom stereocenters. The number of nitrogens with one attached hydrogen (secondary N) is 2. The van der Waals surface area contributed by atoms with Crippen LogP contribution in [0.5, 0.6) is 0 Å². The van der Waals surface area contributed by atoms with Crippen LogP contribution in [0, 0.1) is 11.8 Å². The first-order chi connectivity index (χ1) is 12.6. The van der Waals surface area contributed by atoms with E-state index in [0.29, 0.717) is 30.0 Å². The Balaban J connectivity index is 1.55. The first-order valence-corrected chi connectivity index (χ1v) is 8.47. The van der Waals surface area contributed by atoms with Gasteiger partial charge in [0.05, 0.1) is 42.5 Å². The van der Waals surface area contributed by atoms with Gasteiger partial charge in [0.25, 0.3) is 0 Å². The van der Waals surface area contributed by atoms with Crippen LogP contribution in [0.2, 0.25) is 0 Å². The van der Waals surface area contributed by atoms with Crippen molar-refractivity contribution in [2.45, 2.75) is 19.9 Å². The van der Waals surface area contributed by atoms with Crippen LogP contribution in [0.3, 0.4) is 0 Å². The fourth-order valence-corrected chi connectivity index (χ4v) is 2.70. The normalized spacial score (nSPS) is 18.0. The highest BCUT2D eigenvalue weighted by atomic mass is 16.5. The van der Waals surface area contributed by atoms with E-state index >= 15 is 0 Å². The molecule has 3 rings (SSSR count). The first-order valence-electron chi connectivity index (χ1n) is 8.47. The van der Waals surface area contributed by atoms with Crippen LogP contribution in [0.15, 0.2) is 47.1 Å². The molecule has 2 unspecified atom stereocenters. The van der Waals surface area contributed by atoms with Gasteiger partial charge in [-0.2, -0.15) is 0 Å². The van der Waals surface area contributed by atoms with E-state index in [0.717, 1.165) is 0 Å². The highest BCUT2D eigenvalue weighted by Crippen LogP contribution is 2.39. The van der Waals surface area contributed by atoms with Crippen molar-refractivity contribution in [3.63, 3.8) is 0 Å². The number of carbonyl (C=O) groups excluding carboxylic acids is 3. The predicted molar refractivity (Wildman–Crippen MR) is 93.2 cm³/mol. The van der Waals surface area contributed by atoms with Gasteiger partial charge in [0.15, 0.2) is 0 Å². The average Bonchev–Trinajstić information content (AvgIpc) is 3.28. The molecule has 2 N–H and O–H groups in total. The number of hydrogen-bond acceptors (Lipinski definition) is 5. The van der Waals surface area contributed by atoms with E-state index < -0.39 is 11.9 Å². The van der Waals surface area contributed by atoms with Crippen LogP contribution in [0.1, 0.15) is 29.5 Å². The largest absolute Gasteiger partial charge is 0.467 e. The third kappa shape index (κ3) is 4.11. The molecule has 1 aromatic carbocycles. The first kappa shape index (κ1) is 17.7. The minimum Gasteiger partial charge on any atom is -0.467 e. The quantitative estimate of drug-likeness (QED) is 0.742. The SMILES string of the molecule is CCOC(=O)c1ccccc1NC(=O)C1CC1C(=O)NCc1ccco1. The van der Waals surface area contributed by atoms with Gasteiger partial charge in [-0.05, 0) is 37.6 Å². The lowest BCUT2D eigenvalue weighted by Crippen LogP contribution is -2.27. The number of para-hydroxylation sites is 1. The summed E-state index contributed by atoms with van der Waals surface area (Å²) in [4.78, 5) is 36.5. The molecule has 0 saturated heterocycles. The number of rotatable bonds is 7. The molecule has 26 heavy (non-hydrogen) atoms. The number of furan rings is 1. The molecule has 136 valence electrons. The lowest BCUT2D eigenvalue weighted by molar-refractivity contribution is -0.125. The van der Waals surface area contributed by atoms with Crippen LogP contribution in [-0.4, -0.2) is 24.4 Å². The molecule has 2 amide bonds. The summed E-state index contributed by atoms with van der Waals surface area (Å²) in [5, 5.41) is 5.48. The van der Waals surface area contributed by atoms with Crippen LogP contribution >= 0.6 is 0 Å². The maximum atomic E-state index is 12.4. The number of amides is 2. The summed E-state index contributed by atoms with van der Waals surface area (Å²) in [5.41, 5.74) is 0.680. The van der Waals surface area contributed by atoms with E-state index in [1.165, 1.54) is 6.26 Å². The molecule has 1 aromatic heterocycles. The van der Waals surface area contributed by atoms with Gasteiger partial charge in [-0.15, -0.1) is 0 Å². The molecular weight excluding hydrogens is 336 g/mol. The van der Waals surface area contributed by atoms with Gasteiger partial charge >= 0.3 is 5.97 Å².